The lowest BCUT2D eigenvalue weighted by Crippen LogP contribution is -2.22. The predicted octanol–water partition coefficient (Wildman–Crippen LogP) is 1.51. The van der Waals surface area contributed by atoms with Crippen molar-refractivity contribution in [2.75, 3.05) is 6.54 Å². The van der Waals surface area contributed by atoms with Crippen molar-refractivity contribution in [1.82, 2.24) is 19.9 Å². The molecule has 0 spiro atoms. The molecule has 2 rings (SSSR count). The molecule has 4 nitrogen and oxygen atoms in total. The molecule has 1 unspecified atom stereocenters. The highest BCUT2D eigenvalue weighted by molar-refractivity contribution is 5.23. The van der Waals surface area contributed by atoms with Gasteiger partial charge in [-0.25, -0.2) is 4.98 Å². The van der Waals surface area contributed by atoms with E-state index in [1.54, 1.807) is 6.20 Å². The first-order valence-corrected chi connectivity index (χ1v) is 5.42. The lowest BCUT2D eigenvalue weighted by atomic mass is 10.1. The smallest absolute Gasteiger partial charge is 0.0947 e. The van der Waals surface area contributed by atoms with E-state index in [-0.39, 0.29) is 6.04 Å². The summed E-state index contributed by atoms with van der Waals surface area (Å²) in [5, 5.41) is 3.41. The maximum atomic E-state index is 4.38. The number of aromatic nitrogens is 3. The number of hydrogen-bond acceptors (Lipinski definition) is 3. The van der Waals surface area contributed by atoms with E-state index in [4.69, 9.17) is 0 Å². The minimum atomic E-state index is 0.125. The van der Waals surface area contributed by atoms with Crippen LogP contribution >= 0.6 is 0 Å². The summed E-state index contributed by atoms with van der Waals surface area (Å²) in [6.07, 6.45) is 7.50. The number of pyridine rings is 1. The minimum absolute atomic E-state index is 0.125. The molecule has 2 aromatic heterocycles. The monoisotopic (exact) mass is 216 g/mol. The van der Waals surface area contributed by atoms with E-state index in [9.17, 15) is 0 Å². The Balaban J connectivity index is 2.31. The minimum Gasteiger partial charge on any atom is -0.340 e. The Morgan fingerprint density at radius 2 is 2.38 bits per heavy atom. The zero-order chi connectivity index (χ0) is 11.4. The Hall–Kier alpha value is -1.68. The summed E-state index contributed by atoms with van der Waals surface area (Å²) >= 11 is 0. The number of rotatable bonds is 4. The van der Waals surface area contributed by atoms with Crippen LogP contribution in [0, 0.1) is 0 Å². The van der Waals surface area contributed by atoms with E-state index in [1.165, 1.54) is 0 Å². The second-order valence-electron chi connectivity index (χ2n) is 3.74. The van der Waals surface area contributed by atoms with Gasteiger partial charge < -0.3 is 9.88 Å². The normalized spacial score (nSPS) is 12.6. The maximum absolute atomic E-state index is 4.38. The quantitative estimate of drug-likeness (QED) is 0.842. The molecule has 0 saturated carbocycles. The van der Waals surface area contributed by atoms with Gasteiger partial charge in [0.25, 0.3) is 0 Å². The van der Waals surface area contributed by atoms with Crippen LogP contribution < -0.4 is 5.32 Å². The third-order valence-corrected chi connectivity index (χ3v) is 2.45. The van der Waals surface area contributed by atoms with Crippen molar-refractivity contribution in [3.8, 4) is 0 Å². The van der Waals surface area contributed by atoms with E-state index in [1.807, 2.05) is 36.4 Å². The fraction of sp³-hybridized carbons (Fsp3) is 0.333. The molecule has 0 aromatic carbocycles. The second-order valence-corrected chi connectivity index (χ2v) is 3.74. The molecule has 4 heteroatoms. The van der Waals surface area contributed by atoms with Crippen LogP contribution in [0.1, 0.15) is 24.2 Å². The van der Waals surface area contributed by atoms with E-state index < -0.39 is 0 Å². The fourth-order valence-corrected chi connectivity index (χ4v) is 1.73. The predicted molar refractivity (Wildman–Crippen MR) is 63.0 cm³/mol. The van der Waals surface area contributed by atoms with Crippen molar-refractivity contribution in [3.05, 3.63) is 48.3 Å². The standard InChI is InChI=1S/C12H16N4/c1-3-14-12(10-5-4-6-13-7-10)11-8-16(2)9-15-11/h4-9,12,14H,3H2,1-2H3. The Kier molecular flexibility index (Phi) is 3.31. The Morgan fingerprint density at radius 1 is 1.50 bits per heavy atom. The van der Waals surface area contributed by atoms with E-state index >= 15 is 0 Å². The second kappa shape index (κ2) is 4.90. The molecular weight excluding hydrogens is 200 g/mol. The molecule has 0 aliphatic rings. The number of aryl methyl sites for hydroxylation is 1. The molecule has 0 radical (unpaired) electrons. The molecule has 1 atom stereocenters. The first-order chi connectivity index (χ1) is 7.81. The van der Waals surface area contributed by atoms with Gasteiger partial charge in [0.1, 0.15) is 0 Å². The molecule has 0 fully saturated rings. The van der Waals surface area contributed by atoms with Crippen molar-refractivity contribution >= 4 is 0 Å². The van der Waals surface area contributed by atoms with Crippen LogP contribution in [0.15, 0.2) is 37.1 Å². The highest BCUT2D eigenvalue weighted by Gasteiger charge is 2.14. The molecule has 1 N–H and O–H groups in total. The van der Waals surface area contributed by atoms with E-state index in [0.29, 0.717) is 0 Å². The van der Waals surface area contributed by atoms with Crippen molar-refractivity contribution < 1.29 is 0 Å². The summed E-state index contributed by atoms with van der Waals surface area (Å²) in [6.45, 7) is 2.99. The molecule has 16 heavy (non-hydrogen) atoms. The Bertz CT molecular complexity index is 435. The van der Waals surface area contributed by atoms with Crippen LogP contribution in [0.2, 0.25) is 0 Å². The topological polar surface area (TPSA) is 42.7 Å². The summed E-state index contributed by atoms with van der Waals surface area (Å²) in [7, 11) is 1.97. The first kappa shape index (κ1) is 10.8. The van der Waals surface area contributed by atoms with Gasteiger partial charge in [-0.2, -0.15) is 0 Å². The van der Waals surface area contributed by atoms with Crippen LogP contribution in [0.25, 0.3) is 0 Å². The zero-order valence-corrected chi connectivity index (χ0v) is 9.59. The van der Waals surface area contributed by atoms with Crippen LogP contribution in [-0.2, 0) is 7.05 Å². The summed E-state index contributed by atoms with van der Waals surface area (Å²) in [5.41, 5.74) is 2.17. The third kappa shape index (κ3) is 2.28. The largest absolute Gasteiger partial charge is 0.340 e. The van der Waals surface area contributed by atoms with Gasteiger partial charge in [0.2, 0.25) is 0 Å². The Morgan fingerprint density at radius 3 is 2.94 bits per heavy atom. The molecule has 0 aliphatic carbocycles. The summed E-state index contributed by atoms with van der Waals surface area (Å²) in [4.78, 5) is 8.53. The number of nitrogens with zero attached hydrogens (tertiary/aromatic N) is 3. The number of imidazole rings is 1. The molecule has 0 bridgehead atoms. The Labute approximate surface area is 95.4 Å². The number of hydrogen-bond donors (Lipinski definition) is 1. The van der Waals surface area contributed by atoms with Crippen molar-refractivity contribution in [3.63, 3.8) is 0 Å². The molecule has 0 saturated heterocycles. The lowest BCUT2D eigenvalue weighted by molar-refractivity contribution is 0.615. The van der Waals surface area contributed by atoms with Crippen LogP contribution in [-0.4, -0.2) is 21.1 Å². The summed E-state index contributed by atoms with van der Waals surface area (Å²) < 4.78 is 1.95. The van der Waals surface area contributed by atoms with Gasteiger partial charge in [-0.15, -0.1) is 0 Å². The average Bonchev–Trinajstić information content (AvgIpc) is 2.74. The van der Waals surface area contributed by atoms with Gasteiger partial charge >= 0.3 is 0 Å². The van der Waals surface area contributed by atoms with Gasteiger partial charge in [-0.1, -0.05) is 13.0 Å². The van der Waals surface area contributed by atoms with Crippen LogP contribution in [0.3, 0.4) is 0 Å². The molecule has 0 amide bonds. The SMILES string of the molecule is CCNC(c1cccnc1)c1cn(C)cn1. The molecule has 0 aliphatic heterocycles. The van der Waals surface area contributed by atoms with Crippen molar-refractivity contribution in [2.24, 2.45) is 7.05 Å². The molecular formula is C12H16N4. The van der Waals surface area contributed by atoms with Gasteiger partial charge in [-0.3, -0.25) is 4.98 Å². The van der Waals surface area contributed by atoms with Gasteiger partial charge in [-0.05, 0) is 18.2 Å². The van der Waals surface area contributed by atoms with Crippen LogP contribution in [0.4, 0.5) is 0 Å². The first-order valence-electron chi connectivity index (χ1n) is 5.42. The lowest BCUT2D eigenvalue weighted by Gasteiger charge is -2.15. The van der Waals surface area contributed by atoms with E-state index in [2.05, 4.69) is 28.3 Å². The van der Waals surface area contributed by atoms with Crippen molar-refractivity contribution in [1.29, 1.82) is 0 Å². The number of nitrogens with one attached hydrogen (secondary N) is 1. The average molecular weight is 216 g/mol. The molecule has 2 aromatic rings. The van der Waals surface area contributed by atoms with Gasteiger partial charge in [0, 0.05) is 25.6 Å². The maximum Gasteiger partial charge on any atom is 0.0947 e. The van der Waals surface area contributed by atoms with Crippen LogP contribution in [0.5, 0.6) is 0 Å². The zero-order valence-electron chi connectivity index (χ0n) is 9.59. The van der Waals surface area contributed by atoms with Gasteiger partial charge in [0.05, 0.1) is 18.1 Å². The molecule has 2 heterocycles. The fourth-order valence-electron chi connectivity index (χ4n) is 1.73. The molecule has 84 valence electrons. The summed E-state index contributed by atoms with van der Waals surface area (Å²) in [5.74, 6) is 0. The summed E-state index contributed by atoms with van der Waals surface area (Å²) in [6, 6.07) is 4.14. The van der Waals surface area contributed by atoms with Gasteiger partial charge in [0.15, 0.2) is 0 Å². The highest BCUT2D eigenvalue weighted by Crippen LogP contribution is 2.18. The third-order valence-electron chi connectivity index (χ3n) is 2.45. The highest BCUT2D eigenvalue weighted by atomic mass is 15.0. The van der Waals surface area contributed by atoms with E-state index in [0.717, 1.165) is 17.8 Å². The van der Waals surface area contributed by atoms with Crippen molar-refractivity contribution in [2.45, 2.75) is 13.0 Å².